The van der Waals surface area contributed by atoms with Crippen LogP contribution in [0.3, 0.4) is 0 Å². The van der Waals surface area contributed by atoms with Crippen molar-refractivity contribution in [2.75, 3.05) is 5.32 Å². The summed E-state index contributed by atoms with van der Waals surface area (Å²) in [4.78, 5) is 30.4. The minimum Gasteiger partial charge on any atom is -0.463 e. The number of esters is 1. The number of aryl methyl sites for hydroxylation is 3. The zero-order valence-electron chi connectivity index (χ0n) is 18.4. The first kappa shape index (κ1) is 21.3. The third-order valence-corrected chi connectivity index (χ3v) is 5.29. The van der Waals surface area contributed by atoms with Gasteiger partial charge in [0.25, 0.3) is 5.91 Å². The number of fused-ring (bicyclic) bond motifs is 1. The van der Waals surface area contributed by atoms with Crippen molar-refractivity contribution < 1.29 is 18.7 Å². The van der Waals surface area contributed by atoms with Crippen molar-refractivity contribution in [2.24, 2.45) is 0 Å². The summed E-state index contributed by atoms with van der Waals surface area (Å²) in [7, 11) is 0. The van der Waals surface area contributed by atoms with Crippen molar-refractivity contribution in [3.63, 3.8) is 0 Å². The number of furan rings is 1. The molecule has 0 radical (unpaired) electrons. The Morgan fingerprint density at radius 3 is 2.41 bits per heavy atom. The molecule has 1 N–H and O–H groups in total. The molecule has 0 aliphatic heterocycles. The van der Waals surface area contributed by atoms with Gasteiger partial charge in [-0.15, -0.1) is 0 Å². The van der Waals surface area contributed by atoms with Crippen LogP contribution in [0.4, 0.5) is 5.69 Å². The van der Waals surface area contributed by atoms with Gasteiger partial charge in [-0.2, -0.15) is 0 Å². The molecule has 6 heteroatoms. The number of hydrogen-bond acceptors (Lipinski definition) is 5. The molecule has 1 unspecified atom stereocenters. The number of anilines is 1. The maximum Gasteiger partial charge on any atom is 0.339 e. The van der Waals surface area contributed by atoms with Gasteiger partial charge in [0.05, 0.1) is 17.3 Å². The van der Waals surface area contributed by atoms with Gasteiger partial charge in [-0.25, -0.2) is 9.78 Å². The van der Waals surface area contributed by atoms with Gasteiger partial charge in [0.2, 0.25) is 0 Å². The largest absolute Gasteiger partial charge is 0.463 e. The molecule has 0 saturated carbocycles. The second kappa shape index (κ2) is 8.67. The SMILES string of the molecule is Cc1cc(C)c(NC(=O)C(C)OC(=O)c2cc(-c3ccco3)nc3ccccc23)c(C)c1. The van der Waals surface area contributed by atoms with Crippen molar-refractivity contribution in [3.8, 4) is 11.5 Å². The summed E-state index contributed by atoms with van der Waals surface area (Å²) in [5, 5.41) is 3.53. The molecule has 2 aromatic carbocycles. The number of nitrogens with one attached hydrogen (secondary N) is 1. The molecule has 0 fully saturated rings. The molecular weight excluding hydrogens is 404 g/mol. The second-order valence-corrected chi connectivity index (χ2v) is 7.86. The van der Waals surface area contributed by atoms with Crippen LogP contribution < -0.4 is 5.32 Å². The van der Waals surface area contributed by atoms with Gasteiger partial charge in [-0.1, -0.05) is 35.9 Å². The average Bonchev–Trinajstić information content (AvgIpc) is 3.30. The van der Waals surface area contributed by atoms with Crippen molar-refractivity contribution in [1.82, 2.24) is 4.98 Å². The summed E-state index contributed by atoms with van der Waals surface area (Å²) in [6.07, 6.45) is 0.563. The van der Waals surface area contributed by atoms with E-state index in [9.17, 15) is 9.59 Å². The summed E-state index contributed by atoms with van der Waals surface area (Å²) < 4.78 is 11.0. The van der Waals surface area contributed by atoms with Crippen LogP contribution in [0.15, 0.2) is 65.3 Å². The number of carbonyl (C=O) groups is 2. The first-order valence-electron chi connectivity index (χ1n) is 10.4. The Morgan fingerprint density at radius 2 is 1.72 bits per heavy atom. The number of para-hydroxylation sites is 1. The van der Waals surface area contributed by atoms with Crippen LogP contribution >= 0.6 is 0 Å². The van der Waals surface area contributed by atoms with E-state index >= 15 is 0 Å². The van der Waals surface area contributed by atoms with Crippen LogP contribution in [-0.2, 0) is 9.53 Å². The fourth-order valence-corrected chi connectivity index (χ4v) is 3.77. The summed E-state index contributed by atoms with van der Waals surface area (Å²) in [6, 6.07) is 16.4. The average molecular weight is 428 g/mol. The fraction of sp³-hybridized carbons (Fsp3) is 0.192. The maximum absolute atomic E-state index is 13.1. The second-order valence-electron chi connectivity index (χ2n) is 7.86. The highest BCUT2D eigenvalue weighted by atomic mass is 16.5. The highest BCUT2D eigenvalue weighted by molar-refractivity contribution is 6.06. The van der Waals surface area contributed by atoms with Crippen molar-refractivity contribution in [3.05, 3.63) is 83.1 Å². The lowest BCUT2D eigenvalue weighted by Gasteiger charge is -2.17. The standard InChI is InChI=1S/C26H24N2O4/c1-15-12-16(2)24(17(3)13-15)28-25(29)18(4)32-26(30)20-14-22(23-10-7-11-31-23)27-21-9-6-5-8-19(20)21/h5-14,18H,1-4H3,(H,28,29). The molecule has 4 rings (SSSR count). The summed E-state index contributed by atoms with van der Waals surface area (Å²) in [5.74, 6) is -0.449. The van der Waals surface area contributed by atoms with E-state index < -0.39 is 18.0 Å². The van der Waals surface area contributed by atoms with E-state index in [2.05, 4.69) is 10.3 Å². The maximum atomic E-state index is 13.1. The van der Waals surface area contributed by atoms with Crippen LogP contribution in [0.5, 0.6) is 0 Å². The van der Waals surface area contributed by atoms with E-state index in [1.807, 2.05) is 51.1 Å². The lowest BCUT2D eigenvalue weighted by atomic mass is 10.0. The van der Waals surface area contributed by atoms with E-state index in [0.717, 1.165) is 22.4 Å². The minimum atomic E-state index is -0.985. The van der Waals surface area contributed by atoms with Crippen LogP contribution in [0.25, 0.3) is 22.4 Å². The van der Waals surface area contributed by atoms with Crippen molar-refractivity contribution in [2.45, 2.75) is 33.8 Å². The molecule has 0 aliphatic carbocycles. The first-order valence-corrected chi connectivity index (χ1v) is 10.4. The molecule has 0 spiro atoms. The predicted octanol–water partition coefficient (Wildman–Crippen LogP) is 5.60. The van der Waals surface area contributed by atoms with Crippen LogP contribution in [0.2, 0.25) is 0 Å². The third-order valence-electron chi connectivity index (χ3n) is 5.29. The Morgan fingerprint density at radius 1 is 1.00 bits per heavy atom. The molecule has 1 amide bonds. The number of amides is 1. The number of ether oxygens (including phenoxy) is 1. The van der Waals surface area contributed by atoms with Gasteiger partial charge in [-0.3, -0.25) is 4.79 Å². The summed E-state index contributed by atoms with van der Waals surface area (Å²) in [5.41, 5.74) is 5.24. The number of benzene rings is 2. The molecule has 162 valence electrons. The van der Waals surface area contributed by atoms with Crippen molar-refractivity contribution in [1.29, 1.82) is 0 Å². The molecule has 6 nitrogen and oxygen atoms in total. The zero-order chi connectivity index (χ0) is 22.8. The number of pyridine rings is 1. The quantitative estimate of drug-likeness (QED) is 0.418. The molecule has 0 saturated heterocycles. The van der Waals surface area contributed by atoms with Gasteiger partial charge in [0, 0.05) is 11.1 Å². The third kappa shape index (κ3) is 4.25. The Balaban J connectivity index is 1.59. The van der Waals surface area contributed by atoms with Gasteiger partial charge >= 0.3 is 5.97 Å². The van der Waals surface area contributed by atoms with Crippen LogP contribution in [0, 0.1) is 20.8 Å². The Hall–Kier alpha value is -3.93. The predicted molar refractivity (Wildman–Crippen MR) is 124 cm³/mol. The lowest BCUT2D eigenvalue weighted by Crippen LogP contribution is -2.30. The molecule has 1 atom stereocenters. The van der Waals surface area contributed by atoms with Gasteiger partial charge in [0.15, 0.2) is 11.9 Å². The van der Waals surface area contributed by atoms with E-state index in [0.29, 0.717) is 27.9 Å². The topological polar surface area (TPSA) is 81.4 Å². The Bertz CT molecular complexity index is 1290. The summed E-state index contributed by atoms with van der Waals surface area (Å²) >= 11 is 0. The van der Waals surface area contributed by atoms with Crippen molar-refractivity contribution >= 4 is 28.5 Å². The molecule has 2 heterocycles. The number of carbonyl (C=O) groups excluding carboxylic acids is 2. The molecule has 0 aliphatic rings. The van der Waals surface area contributed by atoms with Crippen LogP contribution in [-0.4, -0.2) is 23.0 Å². The number of aromatic nitrogens is 1. The number of nitrogens with zero attached hydrogens (tertiary/aromatic N) is 1. The molecule has 0 bridgehead atoms. The van der Waals surface area contributed by atoms with Gasteiger partial charge < -0.3 is 14.5 Å². The monoisotopic (exact) mass is 428 g/mol. The molecule has 2 aromatic heterocycles. The van der Waals surface area contributed by atoms with E-state index in [1.54, 1.807) is 37.5 Å². The highest BCUT2D eigenvalue weighted by Gasteiger charge is 2.23. The van der Waals surface area contributed by atoms with E-state index in [4.69, 9.17) is 9.15 Å². The number of rotatable bonds is 5. The smallest absolute Gasteiger partial charge is 0.339 e. The first-order chi connectivity index (χ1) is 15.3. The summed E-state index contributed by atoms with van der Waals surface area (Å²) in [6.45, 7) is 7.44. The Kier molecular flexibility index (Phi) is 5.77. The van der Waals surface area contributed by atoms with Crippen LogP contribution in [0.1, 0.15) is 34.0 Å². The highest BCUT2D eigenvalue weighted by Crippen LogP contribution is 2.26. The molecule has 32 heavy (non-hydrogen) atoms. The molecule has 4 aromatic rings. The van der Waals surface area contributed by atoms with E-state index in [1.165, 1.54) is 0 Å². The van der Waals surface area contributed by atoms with E-state index in [-0.39, 0.29) is 0 Å². The molecular formula is C26H24N2O4. The fourth-order valence-electron chi connectivity index (χ4n) is 3.77. The normalized spacial score (nSPS) is 11.9. The van der Waals surface area contributed by atoms with Gasteiger partial charge in [-0.05, 0) is 63.1 Å². The Labute approximate surface area is 186 Å². The number of hydrogen-bond donors (Lipinski definition) is 1. The zero-order valence-corrected chi connectivity index (χ0v) is 18.4. The van der Waals surface area contributed by atoms with Gasteiger partial charge in [0.1, 0.15) is 5.69 Å². The minimum absolute atomic E-state index is 0.323. The lowest BCUT2D eigenvalue weighted by molar-refractivity contribution is -0.123.